The topological polar surface area (TPSA) is 38.9 Å². The van der Waals surface area contributed by atoms with Gasteiger partial charge in [0.25, 0.3) is 0 Å². The highest BCUT2D eigenvalue weighted by molar-refractivity contribution is 8.76. The summed E-state index contributed by atoms with van der Waals surface area (Å²) in [5.41, 5.74) is 0. The van der Waals surface area contributed by atoms with E-state index in [1.165, 1.54) is 0 Å². The summed E-state index contributed by atoms with van der Waals surface area (Å²) < 4.78 is 4.96. The van der Waals surface area contributed by atoms with Crippen molar-refractivity contribution in [1.82, 2.24) is 9.97 Å². The summed E-state index contributed by atoms with van der Waals surface area (Å²) in [6.45, 7) is 3.56. The minimum atomic E-state index is 1.06. The number of hydrogen-bond acceptors (Lipinski definition) is 5. The lowest BCUT2D eigenvalue weighted by molar-refractivity contribution is 0.572. The van der Waals surface area contributed by atoms with E-state index in [2.05, 4.69) is 22.8 Å². The molecule has 0 saturated carbocycles. The molecule has 2 aromatic heterocycles. The zero-order valence-electron chi connectivity index (χ0n) is 11.9. The van der Waals surface area contributed by atoms with Gasteiger partial charge in [0, 0.05) is 41.3 Å². The first-order valence-corrected chi connectivity index (χ1v) is 8.98. The fourth-order valence-electron chi connectivity index (χ4n) is 1.28. The van der Waals surface area contributed by atoms with E-state index in [4.69, 9.17) is 4.42 Å². The van der Waals surface area contributed by atoms with Crippen LogP contribution in [-0.2, 0) is 0 Å². The third-order valence-electron chi connectivity index (χ3n) is 2.17. The molecule has 0 fully saturated rings. The SMILES string of the molecule is C=CCSSC.c1ccc2cocc2c1.c1cnccn1. The molecule has 0 aliphatic rings. The van der Waals surface area contributed by atoms with Gasteiger partial charge in [-0.3, -0.25) is 9.97 Å². The molecule has 0 atom stereocenters. The molecule has 21 heavy (non-hydrogen) atoms. The van der Waals surface area contributed by atoms with Gasteiger partial charge >= 0.3 is 0 Å². The molecular formula is C16H18N2OS2. The van der Waals surface area contributed by atoms with Crippen LogP contribution in [0.15, 0.2) is 78.7 Å². The summed E-state index contributed by atoms with van der Waals surface area (Å²) in [7, 11) is 3.58. The Morgan fingerprint density at radius 1 is 1.05 bits per heavy atom. The molecule has 0 bridgehead atoms. The fraction of sp³-hybridized carbons (Fsp3) is 0.125. The molecule has 0 aliphatic heterocycles. The van der Waals surface area contributed by atoms with Crippen LogP contribution >= 0.6 is 21.6 Å². The van der Waals surface area contributed by atoms with Crippen molar-refractivity contribution >= 4 is 32.4 Å². The Morgan fingerprint density at radius 3 is 1.90 bits per heavy atom. The van der Waals surface area contributed by atoms with Crippen LogP contribution in [0.3, 0.4) is 0 Å². The second-order valence-corrected chi connectivity index (χ2v) is 6.24. The third-order valence-corrected chi connectivity index (χ3v) is 3.89. The maximum absolute atomic E-state index is 4.96. The second kappa shape index (κ2) is 12.1. The van der Waals surface area contributed by atoms with Gasteiger partial charge in [0.1, 0.15) is 0 Å². The van der Waals surface area contributed by atoms with E-state index < -0.39 is 0 Å². The van der Waals surface area contributed by atoms with Gasteiger partial charge in [-0.15, -0.1) is 6.58 Å². The molecule has 0 spiro atoms. The molecule has 0 saturated heterocycles. The van der Waals surface area contributed by atoms with Crippen molar-refractivity contribution in [2.45, 2.75) is 0 Å². The first-order valence-electron chi connectivity index (χ1n) is 6.26. The number of nitrogens with zero attached hydrogens (tertiary/aromatic N) is 2. The van der Waals surface area contributed by atoms with E-state index in [0.717, 1.165) is 16.5 Å². The van der Waals surface area contributed by atoms with Crippen LogP contribution in [0.2, 0.25) is 0 Å². The van der Waals surface area contributed by atoms with Gasteiger partial charge in [0.2, 0.25) is 0 Å². The predicted molar refractivity (Wildman–Crippen MR) is 94.4 cm³/mol. The van der Waals surface area contributed by atoms with E-state index in [1.807, 2.05) is 30.3 Å². The molecule has 5 heteroatoms. The predicted octanol–water partition coefficient (Wildman–Crippen LogP) is 5.09. The Balaban J connectivity index is 0.000000164. The van der Waals surface area contributed by atoms with Crippen molar-refractivity contribution < 1.29 is 4.42 Å². The fourth-order valence-corrected chi connectivity index (χ4v) is 2.20. The summed E-state index contributed by atoms with van der Waals surface area (Å²) >= 11 is 0. The number of fused-ring (bicyclic) bond motifs is 1. The number of benzene rings is 1. The summed E-state index contributed by atoms with van der Waals surface area (Å²) in [5, 5.41) is 2.33. The van der Waals surface area contributed by atoms with Crippen LogP contribution < -0.4 is 0 Å². The number of rotatable bonds is 3. The number of furan rings is 1. The molecule has 0 radical (unpaired) electrons. The Kier molecular flexibility index (Phi) is 9.95. The quantitative estimate of drug-likeness (QED) is 0.382. The van der Waals surface area contributed by atoms with E-state index in [-0.39, 0.29) is 0 Å². The van der Waals surface area contributed by atoms with Gasteiger partial charge in [-0.25, -0.2) is 0 Å². The smallest absolute Gasteiger partial charge is 0.0981 e. The maximum atomic E-state index is 4.96. The normalized spacial score (nSPS) is 9.00. The van der Waals surface area contributed by atoms with E-state index in [9.17, 15) is 0 Å². The zero-order valence-corrected chi connectivity index (χ0v) is 13.5. The lowest BCUT2D eigenvalue weighted by atomic mass is 10.2. The molecule has 0 aliphatic carbocycles. The Hall–Kier alpha value is -1.72. The molecule has 3 nitrogen and oxygen atoms in total. The molecule has 0 amide bonds. The van der Waals surface area contributed by atoms with Crippen molar-refractivity contribution in [3.8, 4) is 0 Å². The minimum Gasteiger partial charge on any atom is -0.471 e. The standard InChI is InChI=1S/C8H6O.C4H4N2.C4H8S2/c1-2-4-8-6-9-5-7(8)3-1;1-2-6-4-3-5-1;1-3-4-6-5-2/h1-6H;1-4H;3H,1,4H2,2H3. The summed E-state index contributed by atoms with van der Waals surface area (Å²) in [6, 6.07) is 8.05. The van der Waals surface area contributed by atoms with Gasteiger partial charge in [-0.2, -0.15) is 0 Å². The van der Waals surface area contributed by atoms with Crippen LogP contribution in [0.25, 0.3) is 10.8 Å². The van der Waals surface area contributed by atoms with Crippen LogP contribution in [-0.4, -0.2) is 22.0 Å². The van der Waals surface area contributed by atoms with E-state index in [1.54, 1.807) is 58.9 Å². The third kappa shape index (κ3) is 8.22. The van der Waals surface area contributed by atoms with Crippen LogP contribution in [0.4, 0.5) is 0 Å². The summed E-state index contributed by atoms with van der Waals surface area (Å²) in [4.78, 5) is 7.44. The maximum Gasteiger partial charge on any atom is 0.0981 e. The van der Waals surface area contributed by atoms with Gasteiger partial charge in [-0.05, 0) is 6.26 Å². The van der Waals surface area contributed by atoms with Crippen LogP contribution in [0, 0.1) is 0 Å². The van der Waals surface area contributed by atoms with Gasteiger partial charge in [0.15, 0.2) is 0 Å². The van der Waals surface area contributed by atoms with E-state index in [0.29, 0.717) is 0 Å². The van der Waals surface area contributed by atoms with Crippen molar-refractivity contribution in [3.05, 3.63) is 74.2 Å². The van der Waals surface area contributed by atoms with Crippen molar-refractivity contribution in [3.63, 3.8) is 0 Å². The lowest BCUT2D eigenvalue weighted by Gasteiger charge is -1.82. The Labute approximate surface area is 133 Å². The Morgan fingerprint density at radius 2 is 1.57 bits per heavy atom. The highest BCUT2D eigenvalue weighted by Crippen LogP contribution is 2.15. The zero-order chi connectivity index (χ0) is 15.2. The first-order chi connectivity index (χ1) is 10.4. The van der Waals surface area contributed by atoms with Crippen molar-refractivity contribution in [1.29, 1.82) is 0 Å². The second-order valence-electron chi connectivity index (χ2n) is 3.63. The van der Waals surface area contributed by atoms with E-state index >= 15 is 0 Å². The molecule has 2 heterocycles. The monoisotopic (exact) mass is 318 g/mol. The molecule has 0 N–H and O–H groups in total. The van der Waals surface area contributed by atoms with Crippen molar-refractivity contribution in [2.24, 2.45) is 0 Å². The molecular weight excluding hydrogens is 300 g/mol. The first kappa shape index (κ1) is 17.3. The van der Waals surface area contributed by atoms with Crippen LogP contribution in [0.5, 0.6) is 0 Å². The highest BCUT2D eigenvalue weighted by atomic mass is 33.1. The minimum absolute atomic E-state index is 1.06. The van der Waals surface area contributed by atoms with Crippen LogP contribution in [0.1, 0.15) is 0 Å². The van der Waals surface area contributed by atoms with Gasteiger partial charge < -0.3 is 4.42 Å². The average Bonchev–Trinajstić information content (AvgIpc) is 3.04. The van der Waals surface area contributed by atoms with Gasteiger partial charge in [0.05, 0.1) is 12.5 Å². The Bertz CT molecular complexity index is 542. The molecule has 3 aromatic rings. The molecule has 0 unspecified atom stereocenters. The largest absolute Gasteiger partial charge is 0.471 e. The molecule has 1 aromatic carbocycles. The number of hydrogen-bond donors (Lipinski definition) is 0. The van der Waals surface area contributed by atoms with Gasteiger partial charge in [-0.1, -0.05) is 51.9 Å². The average molecular weight is 318 g/mol. The highest BCUT2D eigenvalue weighted by Gasteiger charge is 1.89. The summed E-state index contributed by atoms with van der Waals surface area (Å²) in [6.07, 6.45) is 14.0. The molecule has 3 rings (SSSR count). The van der Waals surface area contributed by atoms with Crippen molar-refractivity contribution in [2.75, 3.05) is 12.0 Å². The summed E-state index contributed by atoms with van der Waals surface area (Å²) in [5.74, 6) is 1.06. The molecule has 110 valence electrons. The number of aromatic nitrogens is 2. The lowest BCUT2D eigenvalue weighted by Crippen LogP contribution is -1.66.